The van der Waals surface area contributed by atoms with Gasteiger partial charge in [-0.05, 0) is 50.3 Å². The van der Waals surface area contributed by atoms with Gasteiger partial charge in [0.15, 0.2) is 5.78 Å². The monoisotopic (exact) mass is 259 g/mol. The molecule has 2 unspecified atom stereocenters. The molecule has 1 heterocycles. The van der Waals surface area contributed by atoms with Crippen LogP contribution in [0.2, 0.25) is 0 Å². The number of hydrogen-bond acceptors (Lipinski definition) is 3. The summed E-state index contributed by atoms with van der Waals surface area (Å²) in [6, 6.07) is 6.50. The molecular weight excluding hydrogens is 238 g/mol. The molecule has 3 heteroatoms. The smallest absolute Gasteiger partial charge is 0.159 e. The Morgan fingerprint density at radius 3 is 2.84 bits per heavy atom. The Kier molecular flexibility index (Phi) is 3.31. The van der Waals surface area contributed by atoms with Crippen molar-refractivity contribution in [1.82, 2.24) is 4.90 Å². The van der Waals surface area contributed by atoms with Crippen LogP contribution in [0.25, 0.3) is 0 Å². The predicted molar refractivity (Wildman–Crippen MR) is 74.5 cm³/mol. The Bertz CT molecular complexity index is 498. The Morgan fingerprint density at radius 2 is 2.26 bits per heavy atom. The van der Waals surface area contributed by atoms with Crippen LogP contribution in [0.15, 0.2) is 18.2 Å². The molecule has 1 aliphatic heterocycles. The van der Waals surface area contributed by atoms with E-state index in [0.717, 1.165) is 35.4 Å². The van der Waals surface area contributed by atoms with Crippen molar-refractivity contribution in [2.24, 2.45) is 5.92 Å². The van der Waals surface area contributed by atoms with Crippen molar-refractivity contribution in [3.05, 3.63) is 29.3 Å². The molecule has 0 spiro atoms. The van der Waals surface area contributed by atoms with Crippen molar-refractivity contribution in [2.45, 2.75) is 38.8 Å². The van der Waals surface area contributed by atoms with E-state index in [2.05, 4.69) is 4.90 Å². The van der Waals surface area contributed by atoms with Gasteiger partial charge in [-0.25, -0.2) is 0 Å². The zero-order chi connectivity index (χ0) is 13.4. The van der Waals surface area contributed by atoms with E-state index < -0.39 is 0 Å². The van der Waals surface area contributed by atoms with E-state index in [1.54, 1.807) is 14.0 Å². The number of benzene rings is 1. The van der Waals surface area contributed by atoms with Gasteiger partial charge < -0.3 is 4.74 Å². The van der Waals surface area contributed by atoms with E-state index in [4.69, 9.17) is 4.74 Å². The van der Waals surface area contributed by atoms with E-state index in [0.29, 0.717) is 0 Å². The summed E-state index contributed by atoms with van der Waals surface area (Å²) in [5, 5.41) is 0. The van der Waals surface area contributed by atoms with Crippen molar-refractivity contribution in [3.8, 4) is 5.75 Å². The summed E-state index contributed by atoms with van der Waals surface area (Å²) >= 11 is 0. The number of ketones is 1. The quantitative estimate of drug-likeness (QED) is 0.779. The van der Waals surface area contributed by atoms with E-state index in [-0.39, 0.29) is 5.78 Å². The van der Waals surface area contributed by atoms with Crippen molar-refractivity contribution >= 4 is 5.78 Å². The standard InChI is InChI=1S/C16H21NO2/c1-11(18)13-4-6-16(19-2)14(8-13)10-17-9-12-3-5-15(17)7-12/h4,6,8,12,15H,3,5,7,9-10H2,1-2H3. The highest BCUT2D eigenvalue weighted by Gasteiger charge is 2.37. The number of Topliss-reactive ketones (excluding diaryl/α,β-unsaturated/α-hetero) is 1. The van der Waals surface area contributed by atoms with Crippen LogP contribution in [0.1, 0.15) is 42.1 Å². The summed E-state index contributed by atoms with van der Waals surface area (Å²) in [6.45, 7) is 3.73. The van der Waals surface area contributed by atoms with Gasteiger partial charge in [0.1, 0.15) is 5.75 Å². The van der Waals surface area contributed by atoms with Crippen LogP contribution in [0.4, 0.5) is 0 Å². The first-order valence-electron chi connectivity index (χ1n) is 7.09. The van der Waals surface area contributed by atoms with Crippen molar-refractivity contribution in [3.63, 3.8) is 0 Å². The van der Waals surface area contributed by atoms with Gasteiger partial charge in [0, 0.05) is 30.3 Å². The second kappa shape index (κ2) is 4.97. The molecule has 19 heavy (non-hydrogen) atoms. The van der Waals surface area contributed by atoms with Gasteiger partial charge in [0.05, 0.1) is 7.11 Å². The molecule has 1 aliphatic carbocycles. The summed E-state index contributed by atoms with van der Waals surface area (Å²) in [5.41, 5.74) is 1.92. The maximum atomic E-state index is 11.5. The van der Waals surface area contributed by atoms with Crippen LogP contribution in [-0.2, 0) is 6.54 Å². The molecule has 0 N–H and O–H groups in total. The van der Waals surface area contributed by atoms with Gasteiger partial charge in [-0.1, -0.05) is 0 Å². The summed E-state index contributed by atoms with van der Waals surface area (Å²) in [5.74, 6) is 1.91. The molecule has 102 valence electrons. The molecule has 3 rings (SSSR count). The van der Waals surface area contributed by atoms with Crippen LogP contribution in [0, 0.1) is 5.92 Å². The SMILES string of the molecule is COc1ccc(C(C)=O)cc1CN1CC2CCC1C2. The normalized spacial score (nSPS) is 25.8. The Hall–Kier alpha value is -1.35. The lowest BCUT2D eigenvalue weighted by Gasteiger charge is -2.27. The number of ether oxygens (including phenoxy) is 1. The lowest BCUT2D eigenvalue weighted by molar-refractivity contribution is 0.101. The minimum atomic E-state index is 0.117. The Balaban J connectivity index is 1.82. The fourth-order valence-electron chi connectivity index (χ4n) is 3.56. The second-order valence-corrected chi connectivity index (χ2v) is 5.85. The molecule has 1 aromatic rings. The highest BCUT2D eigenvalue weighted by atomic mass is 16.5. The molecule has 1 saturated heterocycles. The number of carbonyl (C=O) groups is 1. The predicted octanol–water partition coefficient (Wildman–Crippen LogP) is 2.88. The molecule has 0 aromatic heterocycles. The number of likely N-dealkylation sites (tertiary alicyclic amines) is 1. The van der Waals surface area contributed by atoms with Crippen LogP contribution >= 0.6 is 0 Å². The summed E-state index contributed by atoms with van der Waals surface area (Å²) in [6.07, 6.45) is 4.08. The number of nitrogens with zero attached hydrogens (tertiary/aromatic N) is 1. The largest absolute Gasteiger partial charge is 0.496 e. The molecule has 2 aliphatic rings. The highest BCUT2D eigenvalue weighted by molar-refractivity contribution is 5.94. The van der Waals surface area contributed by atoms with E-state index in [9.17, 15) is 4.79 Å². The zero-order valence-corrected chi connectivity index (χ0v) is 11.7. The number of rotatable bonds is 4. The number of fused-ring (bicyclic) bond motifs is 2. The number of piperidine rings is 1. The van der Waals surface area contributed by atoms with Gasteiger partial charge in [0.25, 0.3) is 0 Å². The molecular formula is C16H21NO2. The fraction of sp³-hybridized carbons (Fsp3) is 0.562. The van der Waals surface area contributed by atoms with Gasteiger partial charge in [-0.15, -0.1) is 0 Å². The second-order valence-electron chi connectivity index (χ2n) is 5.85. The Labute approximate surface area is 114 Å². The van der Waals surface area contributed by atoms with Gasteiger partial charge in [-0.2, -0.15) is 0 Å². The van der Waals surface area contributed by atoms with E-state index in [1.165, 1.54) is 25.8 Å². The third-order valence-electron chi connectivity index (χ3n) is 4.58. The first-order chi connectivity index (χ1) is 9.17. The third-order valence-corrected chi connectivity index (χ3v) is 4.58. The van der Waals surface area contributed by atoms with Crippen molar-refractivity contribution in [1.29, 1.82) is 0 Å². The lowest BCUT2D eigenvalue weighted by Crippen LogP contribution is -2.31. The maximum absolute atomic E-state index is 11.5. The fourth-order valence-corrected chi connectivity index (χ4v) is 3.56. The maximum Gasteiger partial charge on any atom is 0.159 e. The average Bonchev–Trinajstić information content (AvgIpc) is 3.01. The van der Waals surface area contributed by atoms with Gasteiger partial charge >= 0.3 is 0 Å². The molecule has 2 atom stereocenters. The average molecular weight is 259 g/mol. The van der Waals surface area contributed by atoms with Crippen LogP contribution in [0.3, 0.4) is 0 Å². The summed E-state index contributed by atoms with van der Waals surface area (Å²) < 4.78 is 5.43. The molecule has 0 amide bonds. The minimum Gasteiger partial charge on any atom is -0.496 e. The summed E-state index contributed by atoms with van der Waals surface area (Å²) in [7, 11) is 1.70. The van der Waals surface area contributed by atoms with Crippen LogP contribution in [0.5, 0.6) is 5.75 Å². The third kappa shape index (κ3) is 2.39. The highest BCUT2D eigenvalue weighted by Crippen LogP contribution is 2.38. The van der Waals surface area contributed by atoms with E-state index in [1.807, 2.05) is 18.2 Å². The van der Waals surface area contributed by atoms with E-state index >= 15 is 0 Å². The number of hydrogen-bond donors (Lipinski definition) is 0. The first-order valence-corrected chi connectivity index (χ1v) is 7.09. The molecule has 1 aromatic carbocycles. The minimum absolute atomic E-state index is 0.117. The summed E-state index contributed by atoms with van der Waals surface area (Å²) in [4.78, 5) is 14.1. The zero-order valence-electron chi connectivity index (χ0n) is 11.7. The molecule has 0 radical (unpaired) electrons. The van der Waals surface area contributed by atoms with Crippen LogP contribution in [-0.4, -0.2) is 30.4 Å². The lowest BCUT2D eigenvalue weighted by atomic mass is 10.0. The van der Waals surface area contributed by atoms with Gasteiger partial charge in [-0.3, -0.25) is 9.69 Å². The van der Waals surface area contributed by atoms with Gasteiger partial charge in [0.2, 0.25) is 0 Å². The first kappa shape index (κ1) is 12.7. The van der Waals surface area contributed by atoms with Crippen molar-refractivity contribution < 1.29 is 9.53 Å². The topological polar surface area (TPSA) is 29.5 Å². The molecule has 3 nitrogen and oxygen atoms in total. The van der Waals surface area contributed by atoms with Crippen LogP contribution < -0.4 is 4.74 Å². The molecule has 2 fully saturated rings. The molecule has 2 bridgehead atoms. The molecule has 1 saturated carbocycles. The number of carbonyl (C=O) groups excluding carboxylic acids is 1. The van der Waals surface area contributed by atoms with Crippen molar-refractivity contribution in [2.75, 3.05) is 13.7 Å². The Morgan fingerprint density at radius 1 is 1.42 bits per heavy atom. The number of methoxy groups -OCH3 is 1.